The zero-order valence-electron chi connectivity index (χ0n) is 16.9. The molecule has 3 N–H and O–H groups in total. The summed E-state index contributed by atoms with van der Waals surface area (Å²) in [6.45, 7) is 2.40. The van der Waals surface area contributed by atoms with Crippen LogP contribution >= 0.6 is 0 Å². The zero-order chi connectivity index (χ0) is 20.6. The van der Waals surface area contributed by atoms with Crippen LogP contribution in [0.3, 0.4) is 0 Å². The number of carbonyl (C=O) groups is 2. The summed E-state index contributed by atoms with van der Waals surface area (Å²) in [6, 6.07) is 8.44. The average Bonchev–Trinajstić information content (AvgIpc) is 3.28. The predicted molar refractivity (Wildman–Crippen MR) is 112 cm³/mol. The topological polar surface area (TPSA) is 91.6 Å². The Bertz CT molecular complexity index is 810. The highest BCUT2D eigenvalue weighted by molar-refractivity contribution is 6.03. The molecular weight excluding hydrogens is 368 g/mol. The Hall–Kier alpha value is -2.60. The second-order valence-electron chi connectivity index (χ2n) is 7.96. The van der Waals surface area contributed by atoms with Crippen LogP contribution in [0.1, 0.15) is 65.0 Å². The van der Waals surface area contributed by atoms with E-state index in [0.29, 0.717) is 23.7 Å². The molecule has 1 aromatic carbocycles. The molecule has 0 radical (unpaired) electrons. The van der Waals surface area contributed by atoms with Gasteiger partial charge in [0.25, 0.3) is 11.8 Å². The van der Waals surface area contributed by atoms with Crippen molar-refractivity contribution in [1.29, 1.82) is 0 Å². The van der Waals surface area contributed by atoms with Gasteiger partial charge in [0.15, 0.2) is 5.76 Å². The molecule has 156 valence electrons. The van der Waals surface area contributed by atoms with Crippen LogP contribution in [0.5, 0.6) is 0 Å². The minimum atomic E-state index is -0.358. The number of aryl methyl sites for hydroxylation is 1. The molecule has 1 fully saturated rings. The van der Waals surface area contributed by atoms with Crippen LogP contribution in [0, 0.1) is 18.8 Å². The highest BCUT2D eigenvalue weighted by Gasteiger charge is 2.20. The summed E-state index contributed by atoms with van der Waals surface area (Å²) in [7, 11) is 0. The maximum Gasteiger partial charge on any atom is 0.291 e. The summed E-state index contributed by atoms with van der Waals surface area (Å²) in [5.41, 5.74) is 1.90. The number of furan rings is 1. The molecule has 1 heterocycles. The van der Waals surface area contributed by atoms with E-state index in [0.717, 1.165) is 12.0 Å². The largest absolute Gasteiger partial charge is 0.459 e. The maximum absolute atomic E-state index is 12.6. The zero-order valence-corrected chi connectivity index (χ0v) is 16.9. The van der Waals surface area contributed by atoms with Gasteiger partial charge >= 0.3 is 0 Å². The SMILES string of the molecule is Cc1ccc(C(=O)NCC(CO)CC2CCCCC2)cc1NC(=O)c1ccco1. The van der Waals surface area contributed by atoms with Crippen LogP contribution in [0.25, 0.3) is 0 Å². The molecule has 6 nitrogen and oxygen atoms in total. The van der Waals surface area contributed by atoms with Gasteiger partial charge < -0.3 is 20.2 Å². The summed E-state index contributed by atoms with van der Waals surface area (Å²) < 4.78 is 5.11. The molecule has 0 bridgehead atoms. The third kappa shape index (κ3) is 5.94. The summed E-state index contributed by atoms with van der Waals surface area (Å²) >= 11 is 0. The lowest BCUT2D eigenvalue weighted by molar-refractivity contribution is 0.0931. The molecule has 0 saturated heterocycles. The molecule has 0 spiro atoms. The van der Waals surface area contributed by atoms with Crippen molar-refractivity contribution in [2.24, 2.45) is 11.8 Å². The second kappa shape index (κ2) is 10.3. The molecule has 1 unspecified atom stereocenters. The number of nitrogens with one attached hydrogen (secondary N) is 2. The van der Waals surface area contributed by atoms with Gasteiger partial charge in [-0.05, 0) is 55.0 Å². The number of rotatable bonds is 8. The molecule has 1 atom stereocenters. The normalized spacial score (nSPS) is 15.7. The Morgan fingerprint density at radius 1 is 1.17 bits per heavy atom. The van der Waals surface area contributed by atoms with E-state index in [1.165, 1.54) is 38.4 Å². The predicted octanol–water partition coefficient (Wildman–Crippen LogP) is 4.15. The lowest BCUT2D eigenvalue weighted by Crippen LogP contribution is -2.32. The van der Waals surface area contributed by atoms with Crippen LogP contribution in [-0.2, 0) is 0 Å². The molecule has 6 heteroatoms. The van der Waals surface area contributed by atoms with E-state index in [1.54, 1.807) is 30.3 Å². The lowest BCUT2D eigenvalue weighted by Gasteiger charge is -2.25. The fourth-order valence-electron chi connectivity index (χ4n) is 3.95. The van der Waals surface area contributed by atoms with Gasteiger partial charge in [-0.15, -0.1) is 0 Å². The van der Waals surface area contributed by atoms with Crippen LogP contribution in [0.15, 0.2) is 41.0 Å². The molecule has 3 rings (SSSR count). The van der Waals surface area contributed by atoms with Gasteiger partial charge in [-0.25, -0.2) is 0 Å². The molecular formula is C23H30N2O4. The second-order valence-corrected chi connectivity index (χ2v) is 7.96. The van der Waals surface area contributed by atoms with Gasteiger partial charge in [0, 0.05) is 24.4 Å². The Kier molecular flexibility index (Phi) is 7.47. The standard InChI is InChI=1S/C23H30N2O4/c1-16-9-10-19(13-20(16)25-23(28)21-8-5-11-29-21)22(27)24-14-18(15-26)12-17-6-3-2-4-7-17/h5,8-11,13,17-18,26H,2-4,6-7,12,14-15H2,1H3,(H,24,27)(H,25,28). The molecule has 1 aliphatic rings. The fourth-order valence-corrected chi connectivity index (χ4v) is 3.95. The van der Waals surface area contributed by atoms with Crippen molar-refractivity contribution in [3.05, 3.63) is 53.5 Å². The third-order valence-corrected chi connectivity index (χ3v) is 5.69. The third-order valence-electron chi connectivity index (χ3n) is 5.69. The quantitative estimate of drug-likeness (QED) is 0.623. The number of amides is 2. The Labute approximate surface area is 171 Å². The maximum atomic E-state index is 12.6. The van der Waals surface area contributed by atoms with Crippen molar-refractivity contribution in [3.8, 4) is 0 Å². The first-order valence-electron chi connectivity index (χ1n) is 10.4. The molecule has 29 heavy (non-hydrogen) atoms. The van der Waals surface area contributed by atoms with Crippen molar-refractivity contribution < 1.29 is 19.1 Å². The van der Waals surface area contributed by atoms with Gasteiger partial charge in [0.1, 0.15) is 0 Å². The summed E-state index contributed by atoms with van der Waals surface area (Å²) in [6.07, 6.45) is 8.69. The van der Waals surface area contributed by atoms with Crippen LogP contribution in [-0.4, -0.2) is 30.1 Å². The highest BCUT2D eigenvalue weighted by Crippen LogP contribution is 2.29. The molecule has 0 aliphatic heterocycles. The molecule has 1 aromatic heterocycles. The Balaban J connectivity index is 1.57. The van der Waals surface area contributed by atoms with Gasteiger partial charge in [0.05, 0.1) is 6.26 Å². The molecule has 2 aromatic rings. The van der Waals surface area contributed by atoms with Crippen molar-refractivity contribution in [2.75, 3.05) is 18.5 Å². The monoisotopic (exact) mass is 398 g/mol. The van der Waals surface area contributed by atoms with Crippen LogP contribution in [0.2, 0.25) is 0 Å². The first-order valence-corrected chi connectivity index (χ1v) is 10.4. The molecule has 1 saturated carbocycles. The van der Waals surface area contributed by atoms with Crippen LogP contribution in [0.4, 0.5) is 5.69 Å². The summed E-state index contributed by atoms with van der Waals surface area (Å²) in [5.74, 6) is 0.378. The Morgan fingerprint density at radius 2 is 1.97 bits per heavy atom. The summed E-state index contributed by atoms with van der Waals surface area (Å²) in [5, 5.41) is 15.4. The Morgan fingerprint density at radius 3 is 2.66 bits per heavy atom. The van der Waals surface area contributed by atoms with E-state index < -0.39 is 0 Å². The van der Waals surface area contributed by atoms with Gasteiger partial charge in [-0.2, -0.15) is 0 Å². The number of aliphatic hydroxyl groups excluding tert-OH is 1. The minimum Gasteiger partial charge on any atom is -0.459 e. The average molecular weight is 399 g/mol. The van der Waals surface area contributed by atoms with E-state index in [1.807, 2.05) is 6.92 Å². The highest BCUT2D eigenvalue weighted by atomic mass is 16.3. The van der Waals surface area contributed by atoms with Crippen molar-refractivity contribution >= 4 is 17.5 Å². The number of carbonyl (C=O) groups excluding carboxylic acids is 2. The fraction of sp³-hybridized carbons (Fsp3) is 0.478. The van der Waals surface area contributed by atoms with Crippen molar-refractivity contribution in [2.45, 2.75) is 45.4 Å². The van der Waals surface area contributed by atoms with E-state index in [4.69, 9.17) is 4.42 Å². The molecule has 1 aliphatic carbocycles. The van der Waals surface area contributed by atoms with E-state index in [2.05, 4.69) is 10.6 Å². The number of hydrogen-bond acceptors (Lipinski definition) is 4. The number of benzene rings is 1. The first-order chi connectivity index (χ1) is 14.1. The van der Waals surface area contributed by atoms with Crippen LogP contribution < -0.4 is 10.6 Å². The smallest absolute Gasteiger partial charge is 0.291 e. The van der Waals surface area contributed by atoms with Crippen molar-refractivity contribution in [1.82, 2.24) is 5.32 Å². The summed E-state index contributed by atoms with van der Waals surface area (Å²) in [4.78, 5) is 24.8. The molecule has 2 amide bonds. The lowest BCUT2D eigenvalue weighted by atomic mass is 9.83. The van der Waals surface area contributed by atoms with E-state index in [-0.39, 0.29) is 30.1 Å². The minimum absolute atomic E-state index is 0.0747. The number of aliphatic hydroxyl groups is 1. The van der Waals surface area contributed by atoms with Gasteiger partial charge in [-0.3, -0.25) is 9.59 Å². The number of hydrogen-bond donors (Lipinski definition) is 3. The van der Waals surface area contributed by atoms with E-state index >= 15 is 0 Å². The van der Waals surface area contributed by atoms with Gasteiger partial charge in [-0.1, -0.05) is 38.2 Å². The first kappa shape index (κ1) is 21.1. The van der Waals surface area contributed by atoms with E-state index in [9.17, 15) is 14.7 Å². The van der Waals surface area contributed by atoms with Crippen molar-refractivity contribution in [3.63, 3.8) is 0 Å². The number of anilines is 1. The van der Waals surface area contributed by atoms with Gasteiger partial charge in [0.2, 0.25) is 0 Å².